The zero-order valence-corrected chi connectivity index (χ0v) is 16.8. The molecule has 1 atom stereocenters. The summed E-state index contributed by atoms with van der Waals surface area (Å²) in [6.45, 7) is 10.4. The van der Waals surface area contributed by atoms with Crippen molar-refractivity contribution in [1.82, 2.24) is 0 Å². The summed E-state index contributed by atoms with van der Waals surface area (Å²) in [6, 6.07) is 7.39. The number of rotatable bonds is 14. The third-order valence-electron chi connectivity index (χ3n) is 4.18. The summed E-state index contributed by atoms with van der Waals surface area (Å²) in [7, 11) is 0. The largest absolute Gasteiger partial charge is 0.491 e. The van der Waals surface area contributed by atoms with Crippen molar-refractivity contribution in [1.29, 1.82) is 0 Å². The standard InChI is InChI=1S/C21H35NO4/c1-5-8-9-14-21(4,26-15-6-2)20(23)22-18-10-12-19(13-11-18)25-17-16-24-7-3/h10-13H,5-9,14-17H2,1-4H3,(H,22,23)/t21-/m1/s1. The Balaban J connectivity index is 2.60. The summed E-state index contributed by atoms with van der Waals surface area (Å²) >= 11 is 0. The van der Waals surface area contributed by atoms with Crippen LogP contribution in [0.2, 0.25) is 0 Å². The average Bonchev–Trinajstić information content (AvgIpc) is 2.65. The van der Waals surface area contributed by atoms with Crippen LogP contribution in [-0.2, 0) is 14.3 Å². The van der Waals surface area contributed by atoms with E-state index in [4.69, 9.17) is 14.2 Å². The van der Waals surface area contributed by atoms with Crippen LogP contribution in [0.25, 0.3) is 0 Å². The second-order valence-electron chi connectivity index (χ2n) is 6.56. The molecule has 0 spiro atoms. The van der Waals surface area contributed by atoms with E-state index in [1.165, 1.54) is 0 Å². The molecule has 5 heteroatoms. The van der Waals surface area contributed by atoms with Crippen molar-refractivity contribution < 1.29 is 19.0 Å². The molecular weight excluding hydrogens is 330 g/mol. The minimum Gasteiger partial charge on any atom is -0.491 e. The summed E-state index contributed by atoms with van der Waals surface area (Å²) in [6.07, 6.45) is 4.83. The van der Waals surface area contributed by atoms with E-state index in [9.17, 15) is 4.79 Å². The third kappa shape index (κ3) is 8.19. The second kappa shape index (κ2) is 12.7. The number of anilines is 1. The van der Waals surface area contributed by atoms with Gasteiger partial charge in [-0.25, -0.2) is 0 Å². The van der Waals surface area contributed by atoms with E-state index in [1.807, 2.05) is 38.1 Å². The van der Waals surface area contributed by atoms with Crippen LogP contribution in [0.15, 0.2) is 24.3 Å². The highest BCUT2D eigenvalue weighted by Crippen LogP contribution is 2.23. The summed E-state index contributed by atoms with van der Waals surface area (Å²) in [4.78, 5) is 12.8. The number of ether oxygens (including phenoxy) is 3. The minimum absolute atomic E-state index is 0.0907. The Bertz CT molecular complexity index is 503. The fourth-order valence-corrected chi connectivity index (χ4v) is 2.55. The fourth-order valence-electron chi connectivity index (χ4n) is 2.55. The molecule has 0 aliphatic carbocycles. The molecule has 26 heavy (non-hydrogen) atoms. The monoisotopic (exact) mass is 365 g/mol. The summed E-state index contributed by atoms with van der Waals surface area (Å²) in [5.74, 6) is 0.669. The van der Waals surface area contributed by atoms with Gasteiger partial charge < -0.3 is 19.5 Å². The van der Waals surface area contributed by atoms with Gasteiger partial charge in [0.15, 0.2) is 0 Å². The highest BCUT2D eigenvalue weighted by Gasteiger charge is 2.33. The van der Waals surface area contributed by atoms with Gasteiger partial charge >= 0.3 is 0 Å². The van der Waals surface area contributed by atoms with Gasteiger partial charge in [0, 0.05) is 18.9 Å². The lowest BCUT2D eigenvalue weighted by atomic mass is 9.96. The molecule has 0 saturated heterocycles. The molecule has 148 valence electrons. The number of hydrogen-bond donors (Lipinski definition) is 1. The highest BCUT2D eigenvalue weighted by atomic mass is 16.5. The molecule has 0 aliphatic heterocycles. The molecule has 0 aromatic heterocycles. The topological polar surface area (TPSA) is 56.8 Å². The summed E-state index contributed by atoms with van der Waals surface area (Å²) in [5, 5.41) is 2.98. The quantitative estimate of drug-likeness (QED) is 0.481. The van der Waals surface area contributed by atoms with Crippen molar-refractivity contribution >= 4 is 11.6 Å². The van der Waals surface area contributed by atoms with Crippen molar-refractivity contribution in [2.24, 2.45) is 0 Å². The van der Waals surface area contributed by atoms with E-state index >= 15 is 0 Å². The zero-order chi connectivity index (χ0) is 19.3. The van der Waals surface area contributed by atoms with E-state index in [0.717, 1.165) is 43.5 Å². The first-order chi connectivity index (χ1) is 12.6. The smallest absolute Gasteiger partial charge is 0.256 e. The lowest BCUT2D eigenvalue weighted by Gasteiger charge is -2.28. The SMILES string of the molecule is CCCCC[C@@](C)(OCCC)C(=O)Nc1ccc(OCCOCC)cc1. The molecule has 0 bridgehead atoms. The Hall–Kier alpha value is -1.59. The molecule has 0 aliphatic rings. The van der Waals surface area contributed by atoms with E-state index in [0.29, 0.717) is 26.4 Å². The van der Waals surface area contributed by atoms with Gasteiger partial charge in [-0.2, -0.15) is 0 Å². The number of amides is 1. The maximum atomic E-state index is 12.8. The van der Waals surface area contributed by atoms with Gasteiger partial charge in [-0.3, -0.25) is 4.79 Å². The highest BCUT2D eigenvalue weighted by molar-refractivity contribution is 5.97. The van der Waals surface area contributed by atoms with E-state index < -0.39 is 5.60 Å². The first-order valence-electron chi connectivity index (χ1n) is 9.81. The van der Waals surface area contributed by atoms with Crippen LogP contribution in [0.1, 0.15) is 59.8 Å². The summed E-state index contributed by atoms with van der Waals surface area (Å²) < 4.78 is 16.7. The van der Waals surface area contributed by atoms with Crippen molar-refractivity contribution in [2.75, 3.05) is 31.7 Å². The number of carbonyl (C=O) groups excluding carboxylic acids is 1. The first-order valence-corrected chi connectivity index (χ1v) is 9.81. The van der Waals surface area contributed by atoms with Gasteiger partial charge in [-0.1, -0.05) is 33.1 Å². The normalized spacial score (nSPS) is 13.2. The number of unbranched alkanes of at least 4 members (excludes halogenated alkanes) is 2. The molecule has 1 aromatic rings. The molecule has 1 aromatic carbocycles. The predicted octanol–water partition coefficient (Wildman–Crippen LogP) is 4.81. The number of hydrogen-bond acceptors (Lipinski definition) is 4. The van der Waals surface area contributed by atoms with Crippen LogP contribution in [0.5, 0.6) is 5.75 Å². The number of carbonyl (C=O) groups is 1. The molecule has 1 amide bonds. The maximum Gasteiger partial charge on any atom is 0.256 e. The molecule has 0 fully saturated rings. The second-order valence-corrected chi connectivity index (χ2v) is 6.56. The van der Waals surface area contributed by atoms with Crippen molar-refractivity contribution in [3.05, 3.63) is 24.3 Å². The van der Waals surface area contributed by atoms with E-state index in [-0.39, 0.29) is 5.91 Å². The predicted molar refractivity (Wildman–Crippen MR) is 106 cm³/mol. The van der Waals surface area contributed by atoms with Crippen LogP contribution in [0, 0.1) is 0 Å². The molecule has 0 heterocycles. The Morgan fingerprint density at radius 3 is 2.35 bits per heavy atom. The average molecular weight is 366 g/mol. The first kappa shape index (κ1) is 22.5. The molecular formula is C21H35NO4. The lowest BCUT2D eigenvalue weighted by molar-refractivity contribution is -0.140. The molecule has 1 N–H and O–H groups in total. The van der Waals surface area contributed by atoms with Gasteiger partial charge in [0.05, 0.1) is 6.61 Å². The third-order valence-corrected chi connectivity index (χ3v) is 4.18. The van der Waals surface area contributed by atoms with Crippen LogP contribution in [-0.4, -0.2) is 37.9 Å². The van der Waals surface area contributed by atoms with Crippen molar-refractivity contribution in [2.45, 2.75) is 65.4 Å². The minimum atomic E-state index is -0.794. The lowest BCUT2D eigenvalue weighted by Crippen LogP contribution is -2.43. The summed E-state index contributed by atoms with van der Waals surface area (Å²) in [5.41, 5.74) is -0.0494. The number of benzene rings is 1. The van der Waals surface area contributed by atoms with Crippen LogP contribution >= 0.6 is 0 Å². The van der Waals surface area contributed by atoms with E-state index in [2.05, 4.69) is 19.2 Å². The molecule has 5 nitrogen and oxygen atoms in total. The van der Waals surface area contributed by atoms with Gasteiger partial charge in [0.1, 0.15) is 18.0 Å². The van der Waals surface area contributed by atoms with E-state index in [1.54, 1.807) is 0 Å². The Morgan fingerprint density at radius 2 is 1.73 bits per heavy atom. The van der Waals surface area contributed by atoms with Crippen LogP contribution in [0.3, 0.4) is 0 Å². The fraction of sp³-hybridized carbons (Fsp3) is 0.667. The van der Waals surface area contributed by atoms with Crippen molar-refractivity contribution in [3.8, 4) is 5.75 Å². The molecule has 0 radical (unpaired) electrons. The van der Waals surface area contributed by atoms with Crippen LogP contribution < -0.4 is 10.1 Å². The Kier molecular flexibility index (Phi) is 11.0. The molecule has 0 unspecified atom stereocenters. The molecule has 1 rings (SSSR count). The Morgan fingerprint density at radius 1 is 1.00 bits per heavy atom. The van der Waals surface area contributed by atoms with Gasteiger partial charge in [0.2, 0.25) is 0 Å². The van der Waals surface area contributed by atoms with Gasteiger partial charge in [0.25, 0.3) is 5.91 Å². The number of nitrogens with one attached hydrogen (secondary N) is 1. The zero-order valence-electron chi connectivity index (χ0n) is 16.8. The van der Waals surface area contributed by atoms with Gasteiger partial charge in [-0.05, 0) is 51.0 Å². The molecule has 0 saturated carbocycles. The Labute approximate surface area is 158 Å². The van der Waals surface area contributed by atoms with Crippen LogP contribution in [0.4, 0.5) is 5.69 Å². The maximum absolute atomic E-state index is 12.8. The van der Waals surface area contributed by atoms with Gasteiger partial charge in [-0.15, -0.1) is 0 Å². The van der Waals surface area contributed by atoms with Crippen molar-refractivity contribution in [3.63, 3.8) is 0 Å².